The monoisotopic (exact) mass is 452 g/mol. The van der Waals surface area contributed by atoms with Crippen LogP contribution in [-0.4, -0.2) is 38.3 Å². The summed E-state index contributed by atoms with van der Waals surface area (Å²) in [5.41, 5.74) is 0.121. The molecule has 0 bridgehead atoms. The number of amides is 1. The van der Waals surface area contributed by atoms with E-state index in [9.17, 15) is 22.0 Å². The molecule has 0 saturated carbocycles. The molecule has 1 aliphatic rings. The first-order chi connectivity index (χ1) is 14.8. The van der Waals surface area contributed by atoms with Crippen LogP contribution in [0.3, 0.4) is 0 Å². The molecule has 3 rings (SSSR count). The SMILES string of the molecule is CCOc1ccc(NC(=O)CCc2c(F)cccc2F)cc1S(=O)(=O)N1CCCCC1. The van der Waals surface area contributed by atoms with Gasteiger partial charge in [-0.05, 0) is 56.5 Å². The molecular formula is C22H26F2N2O4S. The van der Waals surface area contributed by atoms with Gasteiger partial charge in [-0.25, -0.2) is 17.2 Å². The number of carbonyl (C=O) groups excluding carboxylic acids is 1. The molecule has 1 saturated heterocycles. The summed E-state index contributed by atoms with van der Waals surface area (Å²) < 4.78 is 60.7. The third-order valence-corrected chi connectivity index (χ3v) is 7.04. The van der Waals surface area contributed by atoms with Crippen LogP contribution in [0.15, 0.2) is 41.3 Å². The number of hydrogen-bond acceptors (Lipinski definition) is 4. The number of carbonyl (C=O) groups is 1. The molecule has 0 unspecified atom stereocenters. The number of benzene rings is 2. The molecular weight excluding hydrogens is 426 g/mol. The van der Waals surface area contributed by atoms with E-state index in [1.165, 1.54) is 22.5 Å². The second kappa shape index (κ2) is 10.2. The largest absolute Gasteiger partial charge is 0.492 e. The lowest BCUT2D eigenvalue weighted by molar-refractivity contribution is -0.116. The fraction of sp³-hybridized carbons (Fsp3) is 0.409. The van der Waals surface area contributed by atoms with E-state index >= 15 is 0 Å². The van der Waals surface area contributed by atoms with Gasteiger partial charge in [0.05, 0.1) is 6.61 Å². The Morgan fingerprint density at radius 3 is 2.42 bits per heavy atom. The van der Waals surface area contributed by atoms with Crippen LogP contribution in [0, 0.1) is 11.6 Å². The number of nitrogens with zero attached hydrogens (tertiary/aromatic N) is 1. The third kappa shape index (κ3) is 5.59. The van der Waals surface area contributed by atoms with Crippen molar-refractivity contribution in [3.05, 3.63) is 53.6 Å². The lowest BCUT2D eigenvalue weighted by Gasteiger charge is -2.27. The van der Waals surface area contributed by atoms with Crippen molar-refractivity contribution in [2.24, 2.45) is 0 Å². The first-order valence-corrected chi connectivity index (χ1v) is 11.8. The summed E-state index contributed by atoms with van der Waals surface area (Å²) in [6, 6.07) is 7.96. The molecule has 2 aromatic carbocycles. The predicted molar refractivity (Wildman–Crippen MR) is 114 cm³/mol. The van der Waals surface area contributed by atoms with Gasteiger partial charge in [0.1, 0.15) is 22.3 Å². The summed E-state index contributed by atoms with van der Waals surface area (Å²) in [7, 11) is -3.78. The lowest BCUT2D eigenvalue weighted by Crippen LogP contribution is -2.35. The molecule has 1 fully saturated rings. The van der Waals surface area contributed by atoms with E-state index in [1.54, 1.807) is 13.0 Å². The van der Waals surface area contributed by atoms with E-state index in [0.29, 0.717) is 19.7 Å². The van der Waals surface area contributed by atoms with Crippen molar-refractivity contribution in [1.29, 1.82) is 0 Å². The van der Waals surface area contributed by atoms with Crippen molar-refractivity contribution >= 4 is 21.6 Å². The Labute approximate surface area is 181 Å². The highest BCUT2D eigenvalue weighted by Crippen LogP contribution is 2.31. The number of halogens is 2. The normalized spacial score (nSPS) is 14.9. The zero-order valence-electron chi connectivity index (χ0n) is 17.4. The minimum Gasteiger partial charge on any atom is -0.492 e. The average Bonchev–Trinajstić information content (AvgIpc) is 2.75. The van der Waals surface area contributed by atoms with Gasteiger partial charge in [-0.3, -0.25) is 4.79 Å². The Kier molecular flexibility index (Phi) is 7.61. The van der Waals surface area contributed by atoms with Gasteiger partial charge in [-0.15, -0.1) is 0 Å². The first-order valence-electron chi connectivity index (χ1n) is 10.3. The molecule has 2 aromatic rings. The Hall–Kier alpha value is -2.52. The quantitative estimate of drug-likeness (QED) is 0.654. The molecule has 0 aliphatic carbocycles. The van der Waals surface area contributed by atoms with Crippen LogP contribution >= 0.6 is 0 Å². The van der Waals surface area contributed by atoms with E-state index in [-0.39, 0.29) is 34.7 Å². The molecule has 0 aromatic heterocycles. The van der Waals surface area contributed by atoms with Gasteiger partial charge in [0.25, 0.3) is 0 Å². The standard InChI is InChI=1S/C22H26F2N2O4S/c1-2-30-20-11-9-16(15-21(20)31(28,29)26-13-4-3-5-14-26)25-22(27)12-10-17-18(23)7-6-8-19(17)24/h6-9,11,15H,2-5,10,12-14H2,1H3,(H,25,27). The molecule has 9 heteroatoms. The molecule has 1 amide bonds. The van der Waals surface area contributed by atoms with Gasteiger partial charge in [0.15, 0.2) is 0 Å². The van der Waals surface area contributed by atoms with Crippen LogP contribution in [0.25, 0.3) is 0 Å². The van der Waals surface area contributed by atoms with E-state index in [4.69, 9.17) is 4.74 Å². The minimum atomic E-state index is -3.78. The van der Waals surface area contributed by atoms with Crippen LogP contribution in [-0.2, 0) is 21.2 Å². The summed E-state index contributed by atoms with van der Waals surface area (Å²) in [5.74, 6) is -1.67. The van der Waals surface area contributed by atoms with Gasteiger partial charge >= 0.3 is 0 Å². The molecule has 1 aliphatic heterocycles. The fourth-order valence-corrected chi connectivity index (χ4v) is 5.21. The van der Waals surface area contributed by atoms with Crippen molar-refractivity contribution in [3.63, 3.8) is 0 Å². The van der Waals surface area contributed by atoms with Gasteiger partial charge in [-0.1, -0.05) is 12.5 Å². The minimum absolute atomic E-state index is 0.00537. The van der Waals surface area contributed by atoms with Crippen LogP contribution in [0.5, 0.6) is 5.75 Å². The van der Waals surface area contributed by atoms with Gasteiger partial charge < -0.3 is 10.1 Å². The fourth-order valence-electron chi connectivity index (χ4n) is 3.54. The number of rotatable bonds is 8. The maximum atomic E-state index is 13.7. The van der Waals surface area contributed by atoms with Crippen molar-refractivity contribution in [2.75, 3.05) is 25.0 Å². The van der Waals surface area contributed by atoms with Gasteiger partial charge in [0.2, 0.25) is 15.9 Å². The summed E-state index contributed by atoms with van der Waals surface area (Å²) >= 11 is 0. The second-order valence-corrected chi connectivity index (χ2v) is 9.21. The Balaban J connectivity index is 1.77. The topological polar surface area (TPSA) is 75.7 Å². The summed E-state index contributed by atoms with van der Waals surface area (Å²) in [6.07, 6.45) is 2.32. The Morgan fingerprint density at radius 2 is 1.77 bits per heavy atom. The van der Waals surface area contributed by atoms with Crippen molar-refractivity contribution in [2.45, 2.75) is 43.9 Å². The third-order valence-electron chi connectivity index (χ3n) is 5.12. The number of nitrogens with one attached hydrogen (secondary N) is 1. The number of piperidine rings is 1. The number of anilines is 1. The first kappa shape index (κ1) is 23.1. The second-order valence-electron chi connectivity index (χ2n) is 7.31. The predicted octanol–water partition coefficient (Wildman–Crippen LogP) is 4.11. The van der Waals surface area contributed by atoms with E-state index in [0.717, 1.165) is 31.4 Å². The summed E-state index contributed by atoms with van der Waals surface area (Å²) in [4.78, 5) is 12.3. The molecule has 1 heterocycles. The smallest absolute Gasteiger partial charge is 0.246 e. The molecule has 0 spiro atoms. The van der Waals surface area contributed by atoms with Crippen LogP contribution in [0.1, 0.15) is 38.2 Å². The van der Waals surface area contributed by atoms with Crippen LogP contribution in [0.4, 0.5) is 14.5 Å². The molecule has 6 nitrogen and oxygen atoms in total. The molecule has 168 valence electrons. The zero-order chi connectivity index (χ0) is 22.4. The van der Waals surface area contributed by atoms with Crippen molar-refractivity contribution in [1.82, 2.24) is 4.31 Å². The summed E-state index contributed by atoms with van der Waals surface area (Å²) in [6.45, 7) is 2.94. The highest BCUT2D eigenvalue weighted by atomic mass is 32.2. The van der Waals surface area contributed by atoms with Crippen LogP contribution < -0.4 is 10.1 Å². The number of hydrogen-bond donors (Lipinski definition) is 1. The highest BCUT2D eigenvalue weighted by molar-refractivity contribution is 7.89. The molecule has 1 N–H and O–H groups in total. The van der Waals surface area contributed by atoms with Crippen molar-refractivity contribution in [3.8, 4) is 5.75 Å². The highest BCUT2D eigenvalue weighted by Gasteiger charge is 2.29. The lowest BCUT2D eigenvalue weighted by atomic mass is 10.1. The number of ether oxygens (including phenoxy) is 1. The van der Waals surface area contributed by atoms with Crippen LogP contribution in [0.2, 0.25) is 0 Å². The van der Waals surface area contributed by atoms with Crippen molar-refractivity contribution < 1.29 is 26.7 Å². The Bertz CT molecular complexity index is 1020. The molecule has 0 radical (unpaired) electrons. The zero-order valence-corrected chi connectivity index (χ0v) is 18.2. The molecule has 0 atom stereocenters. The van der Waals surface area contributed by atoms with Gasteiger partial charge in [0, 0.05) is 30.8 Å². The maximum Gasteiger partial charge on any atom is 0.246 e. The number of sulfonamides is 1. The summed E-state index contributed by atoms with van der Waals surface area (Å²) in [5, 5.41) is 2.61. The Morgan fingerprint density at radius 1 is 1.10 bits per heavy atom. The molecule has 31 heavy (non-hydrogen) atoms. The van der Waals surface area contributed by atoms with E-state index in [1.807, 2.05) is 0 Å². The average molecular weight is 453 g/mol. The maximum absolute atomic E-state index is 13.7. The van der Waals surface area contributed by atoms with E-state index < -0.39 is 27.6 Å². The van der Waals surface area contributed by atoms with E-state index in [2.05, 4.69) is 5.32 Å². The van der Waals surface area contributed by atoms with Gasteiger partial charge in [-0.2, -0.15) is 4.31 Å².